The second-order valence-electron chi connectivity index (χ2n) is 6.25. The van der Waals surface area contributed by atoms with E-state index in [2.05, 4.69) is 15.7 Å². The van der Waals surface area contributed by atoms with Crippen LogP contribution in [0, 0.1) is 5.92 Å². The minimum absolute atomic E-state index is 0. The SMILES string of the molecule is Cl.Cn1cc([C@H]2CNC[C@@H]2C(=O)NCc2ccc(OCCO)cc2)cn1. The molecule has 0 bridgehead atoms. The number of carbonyl (C=O) groups excluding carboxylic acids is 1. The van der Waals surface area contributed by atoms with E-state index in [1.165, 1.54) is 0 Å². The van der Waals surface area contributed by atoms with E-state index in [9.17, 15) is 4.79 Å². The summed E-state index contributed by atoms with van der Waals surface area (Å²) in [5, 5.41) is 19.3. The van der Waals surface area contributed by atoms with Crippen LogP contribution < -0.4 is 15.4 Å². The van der Waals surface area contributed by atoms with Crippen LogP contribution >= 0.6 is 12.4 Å². The maximum Gasteiger partial charge on any atom is 0.225 e. The number of amides is 1. The Morgan fingerprint density at radius 3 is 2.81 bits per heavy atom. The number of rotatable bonds is 7. The van der Waals surface area contributed by atoms with Crippen molar-refractivity contribution >= 4 is 18.3 Å². The first-order valence-corrected chi connectivity index (χ1v) is 8.47. The van der Waals surface area contributed by atoms with Crippen LogP contribution in [0.2, 0.25) is 0 Å². The van der Waals surface area contributed by atoms with Gasteiger partial charge in [0.15, 0.2) is 0 Å². The fraction of sp³-hybridized carbons (Fsp3) is 0.444. The third-order valence-corrected chi connectivity index (χ3v) is 4.45. The molecular weight excluding hydrogens is 356 g/mol. The zero-order valence-electron chi connectivity index (χ0n) is 14.7. The molecule has 1 aliphatic rings. The number of aromatic nitrogens is 2. The number of aliphatic hydroxyl groups excluding tert-OH is 1. The highest BCUT2D eigenvalue weighted by Crippen LogP contribution is 2.28. The molecule has 3 rings (SSSR count). The Morgan fingerprint density at radius 1 is 1.38 bits per heavy atom. The monoisotopic (exact) mass is 380 g/mol. The van der Waals surface area contributed by atoms with Crippen molar-refractivity contribution in [2.24, 2.45) is 13.0 Å². The Morgan fingerprint density at radius 2 is 2.15 bits per heavy atom. The molecule has 2 heterocycles. The second kappa shape index (κ2) is 9.56. The first kappa shape index (κ1) is 20.2. The molecule has 0 spiro atoms. The molecular formula is C18H25ClN4O3. The molecule has 0 radical (unpaired) electrons. The number of halogens is 1. The molecule has 3 N–H and O–H groups in total. The molecule has 142 valence electrons. The Balaban J connectivity index is 0.00000243. The first-order chi connectivity index (χ1) is 12.2. The van der Waals surface area contributed by atoms with E-state index >= 15 is 0 Å². The van der Waals surface area contributed by atoms with Gasteiger partial charge in [0.25, 0.3) is 0 Å². The van der Waals surface area contributed by atoms with Crippen molar-refractivity contribution in [1.29, 1.82) is 0 Å². The Hall–Kier alpha value is -2.09. The number of hydrogen-bond donors (Lipinski definition) is 3. The normalized spacial score (nSPS) is 19.0. The van der Waals surface area contributed by atoms with Gasteiger partial charge in [-0.1, -0.05) is 12.1 Å². The highest BCUT2D eigenvalue weighted by Gasteiger charge is 2.34. The molecule has 8 heteroatoms. The Labute approximate surface area is 159 Å². The van der Waals surface area contributed by atoms with Crippen molar-refractivity contribution in [2.45, 2.75) is 12.5 Å². The number of carbonyl (C=O) groups is 1. The second-order valence-corrected chi connectivity index (χ2v) is 6.25. The quantitative estimate of drug-likeness (QED) is 0.662. The standard InChI is InChI=1S/C18H24N4O3.ClH/c1-22-12-14(9-21-22)16-10-19-11-17(16)18(24)20-8-13-2-4-15(5-3-13)25-7-6-23;/h2-5,9,12,16-17,19,23H,6-8,10-11H2,1H3,(H,20,24);1H/t16-,17+;/m1./s1. The molecule has 0 saturated carbocycles. The zero-order valence-corrected chi connectivity index (χ0v) is 15.5. The number of nitrogens with one attached hydrogen (secondary N) is 2. The number of ether oxygens (including phenoxy) is 1. The van der Waals surface area contributed by atoms with Gasteiger partial charge >= 0.3 is 0 Å². The largest absolute Gasteiger partial charge is 0.491 e. The molecule has 26 heavy (non-hydrogen) atoms. The van der Waals surface area contributed by atoms with E-state index in [1.54, 1.807) is 4.68 Å². The fourth-order valence-electron chi connectivity index (χ4n) is 3.12. The maximum atomic E-state index is 12.6. The predicted octanol–water partition coefficient (Wildman–Crippen LogP) is 0.832. The summed E-state index contributed by atoms with van der Waals surface area (Å²) in [5.74, 6) is 0.833. The average Bonchev–Trinajstić information content (AvgIpc) is 3.27. The van der Waals surface area contributed by atoms with Crippen LogP contribution in [0.25, 0.3) is 0 Å². The van der Waals surface area contributed by atoms with E-state index < -0.39 is 0 Å². The highest BCUT2D eigenvalue weighted by molar-refractivity contribution is 5.85. The predicted molar refractivity (Wildman–Crippen MR) is 100 cm³/mol. The van der Waals surface area contributed by atoms with Crippen LogP contribution in [0.15, 0.2) is 36.7 Å². The van der Waals surface area contributed by atoms with Crippen molar-refractivity contribution in [1.82, 2.24) is 20.4 Å². The van der Waals surface area contributed by atoms with Gasteiger partial charge in [0.2, 0.25) is 5.91 Å². The lowest BCUT2D eigenvalue weighted by Gasteiger charge is -2.17. The molecule has 1 aliphatic heterocycles. The molecule has 1 fully saturated rings. The topological polar surface area (TPSA) is 88.4 Å². The molecule has 1 amide bonds. The number of nitrogens with zero attached hydrogens (tertiary/aromatic N) is 2. The van der Waals surface area contributed by atoms with Gasteiger partial charge in [-0.05, 0) is 23.3 Å². The summed E-state index contributed by atoms with van der Waals surface area (Å²) in [6.45, 7) is 2.22. The van der Waals surface area contributed by atoms with E-state index in [-0.39, 0.29) is 43.4 Å². The summed E-state index contributed by atoms with van der Waals surface area (Å²) < 4.78 is 7.10. The number of aliphatic hydroxyl groups is 1. The number of benzene rings is 1. The van der Waals surface area contributed by atoms with E-state index in [1.807, 2.05) is 43.7 Å². The van der Waals surface area contributed by atoms with Gasteiger partial charge in [-0.3, -0.25) is 9.48 Å². The summed E-state index contributed by atoms with van der Waals surface area (Å²) >= 11 is 0. The van der Waals surface area contributed by atoms with Crippen LogP contribution in [-0.4, -0.2) is 47.1 Å². The highest BCUT2D eigenvalue weighted by atomic mass is 35.5. The minimum Gasteiger partial charge on any atom is -0.491 e. The van der Waals surface area contributed by atoms with Crippen LogP contribution in [-0.2, 0) is 18.4 Å². The molecule has 1 aromatic carbocycles. The van der Waals surface area contributed by atoms with Crippen molar-refractivity contribution < 1.29 is 14.6 Å². The van der Waals surface area contributed by atoms with E-state index in [0.717, 1.165) is 17.7 Å². The van der Waals surface area contributed by atoms with Crippen molar-refractivity contribution in [3.05, 3.63) is 47.8 Å². The summed E-state index contributed by atoms with van der Waals surface area (Å²) in [6, 6.07) is 7.51. The van der Waals surface area contributed by atoms with Crippen molar-refractivity contribution in [3.8, 4) is 5.75 Å². The van der Waals surface area contributed by atoms with Gasteiger partial charge in [0.05, 0.1) is 18.7 Å². The Kier molecular flexibility index (Phi) is 7.44. The van der Waals surface area contributed by atoms with Crippen molar-refractivity contribution in [3.63, 3.8) is 0 Å². The van der Waals surface area contributed by atoms with Gasteiger partial charge in [-0.15, -0.1) is 12.4 Å². The van der Waals surface area contributed by atoms with Crippen LogP contribution in [0.1, 0.15) is 17.0 Å². The zero-order chi connectivity index (χ0) is 17.6. The number of hydrogen-bond acceptors (Lipinski definition) is 5. The van der Waals surface area contributed by atoms with Gasteiger partial charge in [0, 0.05) is 38.8 Å². The molecule has 7 nitrogen and oxygen atoms in total. The van der Waals surface area contributed by atoms with Crippen LogP contribution in [0.5, 0.6) is 5.75 Å². The molecule has 1 saturated heterocycles. The molecule has 1 aromatic heterocycles. The summed E-state index contributed by atoms with van der Waals surface area (Å²) in [5.41, 5.74) is 2.10. The lowest BCUT2D eigenvalue weighted by Crippen LogP contribution is -2.33. The minimum atomic E-state index is -0.0867. The fourth-order valence-corrected chi connectivity index (χ4v) is 3.12. The Bertz CT molecular complexity index is 705. The summed E-state index contributed by atoms with van der Waals surface area (Å²) in [6.07, 6.45) is 3.81. The summed E-state index contributed by atoms with van der Waals surface area (Å²) in [7, 11) is 1.88. The van der Waals surface area contributed by atoms with Crippen LogP contribution in [0.4, 0.5) is 0 Å². The third kappa shape index (κ3) is 4.97. The number of aryl methyl sites for hydroxylation is 1. The molecule has 2 atom stereocenters. The van der Waals surface area contributed by atoms with Gasteiger partial charge in [0.1, 0.15) is 12.4 Å². The van der Waals surface area contributed by atoms with Gasteiger partial charge < -0.3 is 20.5 Å². The maximum absolute atomic E-state index is 12.6. The molecule has 0 unspecified atom stereocenters. The van der Waals surface area contributed by atoms with Gasteiger partial charge in [-0.25, -0.2) is 0 Å². The smallest absolute Gasteiger partial charge is 0.225 e. The summed E-state index contributed by atoms with van der Waals surface area (Å²) in [4.78, 5) is 12.6. The first-order valence-electron chi connectivity index (χ1n) is 8.47. The average molecular weight is 381 g/mol. The van der Waals surface area contributed by atoms with E-state index in [0.29, 0.717) is 18.8 Å². The van der Waals surface area contributed by atoms with E-state index in [4.69, 9.17) is 9.84 Å². The molecule has 0 aliphatic carbocycles. The van der Waals surface area contributed by atoms with Crippen LogP contribution in [0.3, 0.4) is 0 Å². The lowest BCUT2D eigenvalue weighted by molar-refractivity contribution is -0.125. The van der Waals surface area contributed by atoms with Gasteiger partial charge in [-0.2, -0.15) is 5.10 Å². The third-order valence-electron chi connectivity index (χ3n) is 4.45. The molecule has 2 aromatic rings. The lowest BCUT2D eigenvalue weighted by atomic mass is 9.90. The van der Waals surface area contributed by atoms with Crippen molar-refractivity contribution in [2.75, 3.05) is 26.3 Å².